The van der Waals surface area contributed by atoms with Gasteiger partial charge < -0.3 is 20.3 Å². The first kappa shape index (κ1) is 12.3. The number of fused-ring (bicyclic) bond motifs is 1. The Kier molecular flexibility index (Phi) is 3.63. The highest BCUT2D eigenvalue weighted by atomic mass is 35.5. The van der Waals surface area contributed by atoms with Crippen molar-refractivity contribution < 1.29 is 15.3 Å². The highest BCUT2D eigenvalue weighted by Gasteiger charge is 2.22. The lowest BCUT2D eigenvalue weighted by atomic mass is 10.0. The second kappa shape index (κ2) is 5.01. The van der Waals surface area contributed by atoms with Gasteiger partial charge in [0.1, 0.15) is 11.8 Å². The fourth-order valence-electron chi connectivity index (χ4n) is 1.77. The Hall–Kier alpha value is -1.14. The molecular formula is C11H13ClN2O3. The minimum atomic E-state index is -1.10. The molecule has 0 bridgehead atoms. The Morgan fingerprint density at radius 1 is 1.41 bits per heavy atom. The lowest BCUT2D eigenvalue weighted by molar-refractivity contribution is 0.00500. The number of H-pyrrole nitrogens is 1. The second-order valence-corrected chi connectivity index (χ2v) is 4.19. The van der Waals surface area contributed by atoms with Crippen LogP contribution in [0.15, 0.2) is 18.5 Å². The Morgan fingerprint density at radius 2 is 2.18 bits per heavy atom. The van der Waals surface area contributed by atoms with Crippen molar-refractivity contribution >= 4 is 22.6 Å². The number of nitrogens with one attached hydrogen (secondary N) is 1. The molecule has 2 heterocycles. The molecule has 0 spiro atoms. The van der Waals surface area contributed by atoms with Crippen LogP contribution in [0.25, 0.3) is 11.0 Å². The quantitative estimate of drug-likeness (QED) is 0.657. The Labute approximate surface area is 103 Å². The number of nitrogens with zero attached hydrogens (tertiary/aromatic N) is 1. The van der Waals surface area contributed by atoms with Gasteiger partial charge in [0.05, 0.1) is 11.1 Å². The van der Waals surface area contributed by atoms with Crippen LogP contribution in [-0.2, 0) is 0 Å². The molecule has 0 aliphatic carbocycles. The second-order valence-electron chi connectivity index (χ2n) is 3.78. The maximum absolute atomic E-state index is 9.96. The van der Waals surface area contributed by atoms with Gasteiger partial charge in [0.2, 0.25) is 0 Å². The minimum absolute atomic E-state index is 0.103. The summed E-state index contributed by atoms with van der Waals surface area (Å²) >= 11 is 6.03. The normalized spacial score (nSPS) is 15.1. The number of halogens is 1. The van der Waals surface area contributed by atoms with E-state index in [0.29, 0.717) is 21.6 Å². The van der Waals surface area contributed by atoms with Crippen LogP contribution in [0.1, 0.15) is 18.1 Å². The summed E-state index contributed by atoms with van der Waals surface area (Å²) in [4.78, 5) is 6.95. The van der Waals surface area contributed by atoms with Crippen molar-refractivity contribution in [1.29, 1.82) is 0 Å². The summed E-state index contributed by atoms with van der Waals surface area (Å²) in [6, 6.07) is 1.62. The molecule has 0 aliphatic heterocycles. The average molecular weight is 257 g/mol. The Balaban J connectivity index is 2.42. The van der Waals surface area contributed by atoms with Crippen molar-refractivity contribution in [2.75, 3.05) is 6.61 Å². The van der Waals surface area contributed by atoms with Crippen LogP contribution in [0, 0.1) is 0 Å². The van der Waals surface area contributed by atoms with Crippen molar-refractivity contribution in [2.45, 2.75) is 18.6 Å². The molecule has 2 atom stereocenters. The fraction of sp³-hybridized carbons (Fsp3) is 0.364. The topological polar surface area (TPSA) is 89.4 Å². The molecule has 2 aromatic heterocycles. The number of hydrogen-bond donors (Lipinski definition) is 4. The SMILES string of the molecule is OCCC(O)C(O)c1c[nH]c2nccc(Cl)c12. The number of pyridine rings is 1. The van der Waals surface area contributed by atoms with Crippen molar-refractivity contribution in [1.82, 2.24) is 9.97 Å². The summed E-state index contributed by atoms with van der Waals surface area (Å²) in [5, 5.41) is 29.4. The van der Waals surface area contributed by atoms with E-state index in [2.05, 4.69) is 9.97 Å². The maximum Gasteiger partial charge on any atom is 0.139 e. The first-order valence-corrected chi connectivity index (χ1v) is 5.61. The Bertz CT molecular complexity index is 514. The largest absolute Gasteiger partial charge is 0.396 e. The summed E-state index contributed by atoms with van der Waals surface area (Å²) in [6.07, 6.45) is 1.09. The highest BCUT2D eigenvalue weighted by molar-refractivity contribution is 6.35. The molecule has 17 heavy (non-hydrogen) atoms. The molecule has 0 aliphatic rings. The lowest BCUT2D eigenvalue weighted by Gasteiger charge is -2.16. The van der Waals surface area contributed by atoms with Gasteiger partial charge in [-0.1, -0.05) is 11.6 Å². The number of rotatable bonds is 4. The summed E-state index contributed by atoms with van der Waals surface area (Å²) < 4.78 is 0. The van der Waals surface area contributed by atoms with Gasteiger partial charge in [-0.2, -0.15) is 0 Å². The van der Waals surface area contributed by atoms with E-state index >= 15 is 0 Å². The molecule has 0 saturated carbocycles. The monoisotopic (exact) mass is 256 g/mol. The molecule has 0 radical (unpaired) electrons. The van der Waals surface area contributed by atoms with Gasteiger partial charge in [0, 0.05) is 30.0 Å². The van der Waals surface area contributed by atoms with E-state index < -0.39 is 12.2 Å². The van der Waals surface area contributed by atoms with Crippen LogP contribution in [0.3, 0.4) is 0 Å². The first-order valence-electron chi connectivity index (χ1n) is 5.23. The predicted octanol–water partition coefficient (Wildman–Crippen LogP) is 0.993. The molecule has 0 amide bonds. The van der Waals surface area contributed by atoms with Gasteiger partial charge in [0.25, 0.3) is 0 Å². The van der Waals surface area contributed by atoms with E-state index in [1.807, 2.05) is 0 Å². The van der Waals surface area contributed by atoms with Gasteiger partial charge >= 0.3 is 0 Å². The van der Waals surface area contributed by atoms with Crippen LogP contribution in [0.2, 0.25) is 5.02 Å². The summed E-state index contributed by atoms with van der Waals surface area (Å²) in [7, 11) is 0. The predicted molar refractivity (Wildman–Crippen MR) is 63.8 cm³/mol. The summed E-state index contributed by atoms with van der Waals surface area (Å²) in [6.45, 7) is -0.188. The van der Waals surface area contributed by atoms with Crippen molar-refractivity contribution in [3.63, 3.8) is 0 Å². The molecule has 4 N–H and O–H groups in total. The van der Waals surface area contributed by atoms with Crippen molar-refractivity contribution in [3.05, 3.63) is 29.0 Å². The van der Waals surface area contributed by atoms with Gasteiger partial charge in [-0.25, -0.2) is 4.98 Å². The van der Waals surface area contributed by atoms with Gasteiger partial charge in [-0.05, 0) is 12.5 Å². The molecule has 2 aromatic rings. The van der Waals surface area contributed by atoms with E-state index in [1.54, 1.807) is 18.5 Å². The average Bonchev–Trinajstić information content (AvgIpc) is 2.73. The fourth-order valence-corrected chi connectivity index (χ4v) is 2.03. The van der Waals surface area contributed by atoms with E-state index in [9.17, 15) is 10.2 Å². The number of aromatic nitrogens is 2. The number of hydrogen-bond acceptors (Lipinski definition) is 4. The molecule has 6 heteroatoms. The van der Waals surface area contributed by atoms with Gasteiger partial charge in [-0.3, -0.25) is 0 Å². The molecule has 92 valence electrons. The van der Waals surface area contributed by atoms with Crippen LogP contribution in [0.5, 0.6) is 0 Å². The minimum Gasteiger partial charge on any atom is -0.396 e. The third-order valence-corrected chi connectivity index (χ3v) is 2.98. The zero-order valence-electron chi connectivity index (χ0n) is 8.97. The lowest BCUT2D eigenvalue weighted by Crippen LogP contribution is -2.19. The number of aliphatic hydroxyl groups excluding tert-OH is 3. The van der Waals surface area contributed by atoms with Gasteiger partial charge in [-0.15, -0.1) is 0 Å². The zero-order chi connectivity index (χ0) is 12.4. The number of aromatic amines is 1. The number of aliphatic hydroxyl groups is 3. The van der Waals surface area contributed by atoms with Crippen LogP contribution in [-0.4, -0.2) is 38.0 Å². The highest BCUT2D eigenvalue weighted by Crippen LogP contribution is 2.31. The third kappa shape index (κ3) is 2.28. The van der Waals surface area contributed by atoms with Crippen LogP contribution in [0.4, 0.5) is 0 Å². The maximum atomic E-state index is 9.96. The van der Waals surface area contributed by atoms with E-state index in [0.717, 1.165) is 0 Å². The molecule has 0 aromatic carbocycles. The van der Waals surface area contributed by atoms with Gasteiger partial charge in [0.15, 0.2) is 0 Å². The third-order valence-electron chi connectivity index (χ3n) is 2.66. The van der Waals surface area contributed by atoms with Crippen LogP contribution >= 0.6 is 11.6 Å². The summed E-state index contributed by atoms with van der Waals surface area (Å²) in [5.74, 6) is 0. The Morgan fingerprint density at radius 3 is 2.88 bits per heavy atom. The zero-order valence-corrected chi connectivity index (χ0v) is 9.72. The van der Waals surface area contributed by atoms with E-state index in [-0.39, 0.29) is 13.0 Å². The molecule has 5 nitrogen and oxygen atoms in total. The molecule has 0 fully saturated rings. The van der Waals surface area contributed by atoms with Crippen LogP contribution < -0.4 is 0 Å². The molecule has 2 unspecified atom stereocenters. The standard InChI is InChI=1S/C11H13ClN2O3/c12-7-1-3-13-11-9(7)6(5-14-11)10(17)8(16)2-4-15/h1,3,5,8,10,15-17H,2,4H2,(H,13,14). The molecular weight excluding hydrogens is 244 g/mol. The summed E-state index contributed by atoms with van der Waals surface area (Å²) in [5.41, 5.74) is 1.04. The van der Waals surface area contributed by atoms with Crippen molar-refractivity contribution in [3.8, 4) is 0 Å². The van der Waals surface area contributed by atoms with E-state index in [1.165, 1.54) is 0 Å². The smallest absolute Gasteiger partial charge is 0.139 e. The molecule has 0 saturated heterocycles. The molecule has 2 rings (SSSR count). The van der Waals surface area contributed by atoms with Crippen molar-refractivity contribution in [2.24, 2.45) is 0 Å². The first-order chi connectivity index (χ1) is 8.15. The van der Waals surface area contributed by atoms with E-state index in [4.69, 9.17) is 16.7 Å².